The number of fused-ring (bicyclic) bond motifs is 5. The van der Waals surface area contributed by atoms with Crippen LogP contribution in [-0.2, 0) is 31.9 Å². The van der Waals surface area contributed by atoms with Gasteiger partial charge in [-0.2, -0.15) is 5.10 Å². The van der Waals surface area contributed by atoms with Crippen molar-refractivity contribution >= 4 is 43.6 Å². The van der Waals surface area contributed by atoms with Crippen molar-refractivity contribution in [3.63, 3.8) is 0 Å². The molecule has 5 aromatic carbocycles. The Morgan fingerprint density at radius 3 is 2.13 bits per heavy atom. The zero-order valence-electron chi connectivity index (χ0n) is 30.0. The van der Waals surface area contributed by atoms with Crippen LogP contribution in [-0.4, -0.2) is 19.9 Å². The number of rotatable bonds is 4. The molecule has 0 aliphatic carbocycles. The van der Waals surface area contributed by atoms with Crippen LogP contribution in [0.5, 0.6) is 0 Å². The smallest absolute Gasteiger partial charge is 0.656 e. The summed E-state index contributed by atoms with van der Waals surface area (Å²) in [5, 5.41) is 18.5. The minimum atomic E-state index is -0.0856. The molecule has 0 saturated heterocycles. The molecule has 0 unspecified atom stereocenters. The molecule has 0 fully saturated rings. The third-order valence-corrected chi connectivity index (χ3v) is 10.0. The van der Waals surface area contributed by atoms with Gasteiger partial charge < -0.3 is 15.2 Å². The molecule has 0 N–H and O–H groups in total. The second-order valence-electron chi connectivity index (χ2n) is 15.6. The van der Waals surface area contributed by atoms with Gasteiger partial charge in [-0.1, -0.05) is 139 Å². The van der Waals surface area contributed by atoms with E-state index in [0.717, 1.165) is 77.7 Å². The second-order valence-corrected chi connectivity index (χ2v) is 15.6. The fourth-order valence-electron chi connectivity index (χ4n) is 7.14. The van der Waals surface area contributed by atoms with Gasteiger partial charge in [0.1, 0.15) is 0 Å². The van der Waals surface area contributed by atoms with E-state index in [4.69, 9.17) is 15.1 Å². The number of hydrogen-bond acceptors (Lipinski definition) is 3. The van der Waals surface area contributed by atoms with E-state index in [1.807, 2.05) is 22.9 Å². The summed E-state index contributed by atoms with van der Waals surface area (Å²) in [6.07, 6.45) is 1.80. The van der Waals surface area contributed by atoms with Crippen molar-refractivity contribution in [3.8, 4) is 39.5 Å². The first-order chi connectivity index (χ1) is 24.5. The van der Waals surface area contributed by atoms with Gasteiger partial charge in [-0.15, -0.1) is 16.6 Å². The maximum Gasteiger partial charge on any atom is 2.00 e. The molecular formula is C45H38N6Pt. The van der Waals surface area contributed by atoms with Crippen molar-refractivity contribution in [3.05, 3.63) is 133 Å². The second kappa shape index (κ2) is 12.4. The Labute approximate surface area is 317 Å². The van der Waals surface area contributed by atoms with Gasteiger partial charge in [0.25, 0.3) is 0 Å². The van der Waals surface area contributed by atoms with E-state index in [1.54, 1.807) is 6.20 Å². The van der Waals surface area contributed by atoms with Gasteiger partial charge in [0, 0.05) is 11.6 Å². The third kappa shape index (κ3) is 5.66. The maximum atomic E-state index is 5.44. The summed E-state index contributed by atoms with van der Waals surface area (Å²) in [7, 11) is 0. The standard InChI is InChI=1S/C45H38N6.Pt/c1-44(2,3)30-19-20-37-34(23-30)35-24-31(45(4,5)6)25-36(42(35)48-37)43-33-16-10-11-18-39(33)51(50-43)40-22-29(27-13-8-7-9-14-27)21-38(47-40)32-17-12-15-28-26-46-49-41(28)32;/h7-26H,1-6H3;/q-2;+2. The summed E-state index contributed by atoms with van der Waals surface area (Å²) < 4.78 is 1.99. The fourth-order valence-corrected chi connectivity index (χ4v) is 7.14. The molecule has 6 nitrogen and oxygen atoms in total. The molecule has 4 aromatic heterocycles. The van der Waals surface area contributed by atoms with Gasteiger partial charge in [0.05, 0.1) is 16.9 Å². The first kappa shape index (κ1) is 33.8. The van der Waals surface area contributed by atoms with Gasteiger partial charge in [-0.05, 0) is 78.6 Å². The normalized spacial score (nSPS) is 12.3. The van der Waals surface area contributed by atoms with Gasteiger partial charge in [-0.25, -0.2) is 9.67 Å². The minimum absolute atomic E-state index is 0. The van der Waals surface area contributed by atoms with Crippen LogP contribution in [0, 0.1) is 0 Å². The topological polar surface area (TPSA) is 71.8 Å². The number of benzene rings is 5. The van der Waals surface area contributed by atoms with Crippen LogP contribution >= 0.6 is 0 Å². The van der Waals surface area contributed by atoms with E-state index in [0.29, 0.717) is 0 Å². The van der Waals surface area contributed by atoms with Crippen molar-refractivity contribution in [1.29, 1.82) is 0 Å². The maximum absolute atomic E-state index is 5.44. The number of nitrogens with zero attached hydrogens (tertiary/aromatic N) is 6. The van der Waals surface area contributed by atoms with Crippen molar-refractivity contribution in [2.75, 3.05) is 0 Å². The van der Waals surface area contributed by atoms with Crippen molar-refractivity contribution in [2.45, 2.75) is 52.4 Å². The first-order valence-corrected chi connectivity index (χ1v) is 17.5. The molecule has 4 heterocycles. The Morgan fingerprint density at radius 1 is 0.596 bits per heavy atom. The van der Waals surface area contributed by atoms with Crippen molar-refractivity contribution in [2.24, 2.45) is 0 Å². The molecule has 258 valence electrons. The van der Waals surface area contributed by atoms with Crippen LogP contribution in [0.25, 0.3) is 83.1 Å². The summed E-state index contributed by atoms with van der Waals surface area (Å²) in [5.41, 5.74) is 12.1. The van der Waals surface area contributed by atoms with Crippen LogP contribution in [0.1, 0.15) is 52.7 Å². The summed E-state index contributed by atoms with van der Waals surface area (Å²) in [6.45, 7) is 13.6. The Bertz CT molecular complexity index is 2770. The Kier molecular flexibility index (Phi) is 8.07. The average Bonchev–Trinajstić information content (AvgIpc) is 3.86. The Hall–Kier alpha value is -5.32. The molecule has 0 spiro atoms. The molecule has 0 radical (unpaired) electrons. The predicted octanol–water partition coefficient (Wildman–Crippen LogP) is 10.8. The quantitative estimate of drug-likeness (QED) is 0.176. The summed E-state index contributed by atoms with van der Waals surface area (Å²) >= 11 is 0. The number of hydrogen-bond donors (Lipinski definition) is 0. The fraction of sp³-hybridized carbons (Fsp3) is 0.178. The summed E-state index contributed by atoms with van der Waals surface area (Å²) in [4.78, 5) is 10.6. The molecule has 9 aromatic rings. The average molecular weight is 858 g/mol. The number of para-hydroxylation sites is 1. The van der Waals surface area contributed by atoms with E-state index in [2.05, 4.69) is 149 Å². The van der Waals surface area contributed by atoms with E-state index in [1.165, 1.54) is 16.5 Å². The van der Waals surface area contributed by atoms with Gasteiger partial charge in [0.2, 0.25) is 0 Å². The van der Waals surface area contributed by atoms with Gasteiger partial charge in [-0.3, -0.25) is 0 Å². The molecule has 0 saturated carbocycles. The van der Waals surface area contributed by atoms with Crippen LogP contribution in [0.4, 0.5) is 0 Å². The summed E-state index contributed by atoms with van der Waals surface area (Å²) in [6, 6.07) is 40.6. The van der Waals surface area contributed by atoms with Crippen LogP contribution in [0.3, 0.4) is 0 Å². The van der Waals surface area contributed by atoms with E-state index in [9.17, 15) is 0 Å². The molecule has 0 aliphatic heterocycles. The van der Waals surface area contributed by atoms with Crippen molar-refractivity contribution < 1.29 is 21.1 Å². The molecule has 9 rings (SSSR count). The van der Waals surface area contributed by atoms with E-state index < -0.39 is 0 Å². The Balaban J connectivity index is 0.00000387. The van der Waals surface area contributed by atoms with Crippen molar-refractivity contribution in [1.82, 2.24) is 29.9 Å². The van der Waals surface area contributed by atoms with E-state index >= 15 is 0 Å². The molecule has 7 heteroatoms. The third-order valence-electron chi connectivity index (χ3n) is 10.0. The zero-order valence-corrected chi connectivity index (χ0v) is 32.3. The largest absolute Gasteiger partial charge is 2.00 e. The SMILES string of the molecule is CC(C)(C)c1ccc2[n-]c3c(-c4nn(-c5cc(-c6ccccc6)cc(-c6cccc7cn[n-]c67)n5)c5ccccc45)cc(C(C)(C)C)cc3c2c1.[Pt+2]. The molecule has 0 bridgehead atoms. The first-order valence-electron chi connectivity index (χ1n) is 17.5. The predicted molar refractivity (Wildman–Crippen MR) is 210 cm³/mol. The minimum Gasteiger partial charge on any atom is -0.656 e. The van der Waals surface area contributed by atoms with Crippen LogP contribution in [0.15, 0.2) is 121 Å². The molecule has 52 heavy (non-hydrogen) atoms. The van der Waals surface area contributed by atoms with Crippen LogP contribution < -0.4 is 10.1 Å². The van der Waals surface area contributed by atoms with Crippen LogP contribution in [0.2, 0.25) is 0 Å². The molecule has 0 amide bonds. The molecule has 0 atom stereocenters. The number of aromatic nitrogens is 6. The monoisotopic (exact) mass is 857 g/mol. The number of pyridine rings is 1. The van der Waals surface area contributed by atoms with E-state index in [-0.39, 0.29) is 31.9 Å². The molecular weight excluding hydrogens is 820 g/mol. The molecule has 0 aliphatic rings. The zero-order chi connectivity index (χ0) is 35.1. The van der Waals surface area contributed by atoms with Gasteiger partial charge >= 0.3 is 21.1 Å². The van der Waals surface area contributed by atoms with Gasteiger partial charge in [0.15, 0.2) is 5.82 Å². The summed E-state index contributed by atoms with van der Waals surface area (Å²) in [5.74, 6) is 0.726. The Morgan fingerprint density at radius 2 is 1.35 bits per heavy atom.